The molecule has 0 aliphatic heterocycles. The molecule has 1 N–H and O–H groups in total. The van der Waals surface area contributed by atoms with E-state index in [0.29, 0.717) is 6.61 Å². The van der Waals surface area contributed by atoms with Crippen LogP contribution in [-0.2, 0) is 15.7 Å². The number of hydrogen-bond donors (Lipinski definition) is 1. The summed E-state index contributed by atoms with van der Waals surface area (Å²) in [6.45, 7) is 1.56. The summed E-state index contributed by atoms with van der Waals surface area (Å²) in [5, 5.41) is 7.42. The van der Waals surface area contributed by atoms with Crippen molar-refractivity contribution in [1.29, 1.82) is 0 Å². The van der Waals surface area contributed by atoms with E-state index in [1.165, 1.54) is 0 Å². The number of hydrogen-bond acceptors (Lipinski definition) is 2. The quantitative estimate of drug-likeness (QED) is 0.802. The fourth-order valence-electron chi connectivity index (χ4n) is 0.637. The summed E-state index contributed by atoms with van der Waals surface area (Å²) in [7, 11) is 0. The Labute approximate surface area is 82.1 Å². The lowest BCUT2D eigenvalue weighted by molar-refractivity contribution is -0.134. The monoisotopic (exact) mass is 202 g/mol. The van der Waals surface area contributed by atoms with Gasteiger partial charge in [0.15, 0.2) is 0 Å². The summed E-state index contributed by atoms with van der Waals surface area (Å²) in [6.07, 6.45) is 0. The lowest BCUT2D eigenvalue weighted by Crippen LogP contribution is -1.80. The number of carboxylic acid groups (broad SMARTS) is 1. The highest BCUT2D eigenvalue weighted by molar-refractivity contribution is 6.07. The van der Waals surface area contributed by atoms with Crippen LogP contribution in [0.2, 0.25) is 0 Å². The van der Waals surface area contributed by atoms with Gasteiger partial charge in [0.2, 0.25) is 0 Å². The van der Waals surface area contributed by atoms with Crippen LogP contribution in [0.4, 0.5) is 0 Å². The fraction of sp³-hybridized carbons (Fsp3) is 0.222. The van der Waals surface area contributed by atoms with E-state index >= 15 is 0 Å². The lowest BCUT2D eigenvalue weighted by Gasteiger charge is -1.92. The van der Waals surface area contributed by atoms with E-state index < -0.39 is 5.97 Å². The topological polar surface area (TPSA) is 46.5 Å². The highest BCUT2D eigenvalue weighted by Gasteiger charge is 1.86. The molecule has 0 bridgehead atoms. The summed E-state index contributed by atoms with van der Waals surface area (Å²) < 4.78 is 4.40. The molecule has 0 aromatic heterocycles. The van der Waals surface area contributed by atoms with Crippen LogP contribution in [0, 0.1) is 0 Å². The number of aliphatic carboxylic acids is 1. The van der Waals surface area contributed by atoms with Gasteiger partial charge in [0.25, 0.3) is 5.97 Å². The van der Waals surface area contributed by atoms with E-state index in [2.05, 4.69) is 4.29 Å². The van der Waals surface area contributed by atoms with Gasteiger partial charge in [-0.25, -0.2) is 0 Å². The van der Waals surface area contributed by atoms with Gasteiger partial charge in [-0.05, 0) is 5.56 Å². The zero-order chi connectivity index (χ0) is 10.1. The molecule has 1 rings (SSSR count). The Morgan fingerprint density at radius 3 is 2.31 bits per heavy atom. The smallest absolute Gasteiger partial charge is 0.300 e. The SMILES string of the molecule is CC(=O)O.ClOCc1ccccc1. The minimum atomic E-state index is -0.833. The van der Waals surface area contributed by atoms with Crippen LogP contribution >= 0.6 is 11.9 Å². The fourth-order valence-corrected chi connectivity index (χ4v) is 0.763. The Morgan fingerprint density at radius 2 is 1.92 bits per heavy atom. The van der Waals surface area contributed by atoms with Gasteiger partial charge in [-0.3, -0.25) is 9.08 Å². The molecular weight excluding hydrogens is 192 g/mol. The first-order valence-corrected chi connectivity index (χ1v) is 3.94. The van der Waals surface area contributed by atoms with E-state index in [4.69, 9.17) is 21.8 Å². The first-order chi connectivity index (χ1) is 6.16. The molecule has 1 aromatic carbocycles. The molecule has 0 aliphatic carbocycles. The van der Waals surface area contributed by atoms with Crippen LogP contribution in [0.3, 0.4) is 0 Å². The van der Waals surface area contributed by atoms with Gasteiger partial charge >= 0.3 is 0 Å². The summed E-state index contributed by atoms with van der Waals surface area (Å²) >= 11 is 5.04. The third-order valence-corrected chi connectivity index (χ3v) is 1.17. The van der Waals surface area contributed by atoms with Crippen LogP contribution in [-0.4, -0.2) is 11.1 Å². The normalized spacial score (nSPS) is 8.46. The standard InChI is InChI=1S/C7H7ClO.C2H4O2/c8-9-6-7-4-2-1-3-5-7;1-2(3)4/h1-5H,6H2;1H3,(H,3,4). The van der Waals surface area contributed by atoms with Gasteiger partial charge in [-0.2, -0.15) is 0 Å². The molecule has 4 heteroatoms. The zero-order valence-corrected chi connectivity index (χ0v) is 7.99. The molecule has 0 fully saturated rings. The van der Waals surface area contributed by atoms with Crippen molar-refractivity contribution in [3.63, 3.8) is 0 Å². The van der Waals surface area contributed by atoms with Gasteiger partial charge < -0.3 is 5.11 Å². The van der Waals surface area contributed by atoms with Crippen molar-refractivity contribution in [2.24, 2.45) is 0 Å². The van der Waals surface area contributed by atoms with Crippen molar-refractivity contribution in [1.82, 2.24) is 0 Å². The highest BCUT2D eigenvalue weighted by atomic mass is 35.5. The number of benzene rings is 1. The molecule has 0 amide bonds. The molecule has 0 aliphatic rings. The maximum absolute atomic E-state index is 9.00. The molecular formula is C9H11ClO3. The Hall–Kier alpha value is -1.06. The predicted octanol–water partition coefficient (Wildman–Crippen LogP) is 2.45. The van der Waals surface area contributed by atoms with E-state index in [1.807, 2.05) is 30.3 Å². The van der Waals surface area contributed by atoms with Crippen LogP contribution in [0.5, 0.6) is 0 Å². The minimum absolute atomic E-state index is 0.475. The van der Waals surface area contributed by atoms with Gasteiger partial charge in [-0.15, -0.1) is 0 Å². The molecule has 0 heterocycles. The molecule has 0 saturated carbocycles. The first kappa shape index (κ1) is 11.9. The Morgan fingerprint density at radius 1 is 1.46 bits per heavy atom. The number of carboxylic acids is 1. The second-order valence-corrected chi connectivity index (χ2v) is 2.48. The second kappa shape index (κ2) is 7.58. The summed E-state index contributed by atoms with van der Waals surface area (Å²) in [5.74, 6) is -0.833. The largest absolute Gasteiger partial charge is 0.481 e. The maximum Gasteiger partial charge on any atom is 0.300 e. The number of halogens is 1. The average molecular weight is 203 g/mol. The van der Waals surface area contributed by atoms with Crippen molar-refractivity contribution in [3.8, 4) is 0 Å². The number of rotatable bonds is 2. The van der Waals surface area contributed by atoms with Crippen molar-refractivity contribution >= 4 is 17.8 Å². The van der Waals surface area contributed by atoms with E-state index in [-0.39, 0.29) is 0 Å². The van der Waals surface area contributed by atoms with Crippen LogP contribution in [0.25, 0.3) is 0 Å². The van der Waals surface area contributed by atoms with Gasteiger partial charge in [0, 0.05) is 6.92 Å². The number of carbonyl (C=O) groups is 1. The summed E-state index contributed by atoms with van der Waals surface area (Å²) in [4.78, 5) is 9.00. The summed E-state index contributed by atoms with van der Waals surface area (Å²) in [5.41, 5.74) is 1.09. The summed E-state index contributed by atoms with van der Waals surface area (Å²) in [6, 6.07) is 9.78. The second-order valence-electron chi connectivity index (χ2n) is 2.26. The third kappa shape index (κ3) is 8.85. The van der Waals surface area contributed by atoms with Crippen molar-refractivity contribution < 1.29 is 14.2 Å². The van der Waals surface area contributed by atoms with Gasteiger partial charge in [-0.1, -0.05) is 30.3 Å². The molecule has 0 spiro atoms. The van der Waals surface area contributed by atoms with E-state index in [9.17, 15) is 0 Å². The third-order valence-electron chi connectivity index (χ3n) is 1.06. The van der Waals surface area contributed by atoms with Crippen LogP contribution < -0.4 is 0 Å². The van der Waals surface area contributed by atoms with Gasteiger partial charge in [0.1, 0.15) is 0 Å². The maximum atomic E-state index is 9.00. The molecule has 0 atom stereocenters. The van der Waals surface area contributed by atoms with Crippen LogP contribution in [0.1, 0.15) is 12.5 Å². The molecule has 3 nitrogen and oxygen atoms in total. The minimum Gasteiger partial charge on any atom is -0.481 e. The lowest BCUT2D eigenvalue weighted by atomic mass is 10.2. The molecule has 1 aromatic rings. The van der Waals surface area contributed by atoms with Crippen molar-refractivity contribution in [2.45, 2.75) is 13.5 Å². The average Bonchev–Trinajstić information content (AvgIpc) is 2.06. The Bertz CT molecular complexity index is 232. The Kier molecular flexibility index (Phi) is 6.96. The molecule has 13 heavy (non-hydrogen) atoms. The zero-order valence-electron chi connectivity index (χ0n) is 7.24. The van der Waals surface area contributed by atoms with Crippen molar-refractivity contribution in [2.75, 3.05) is 0 Å². The van der Waals surface area contributed by atoms with E-state index in [0.717, 1.165) is 12.5 Å². The van der Waals surface area contributed by atoms with Crippen molar-refractivity contribution in [3.05, 3.63) is 35.9 Å². The highest BCUT2D eigenvalue weighted by Crippen LogP contribution is 2.00. The molecule has 72 valence electrons. The molecule has 0 saturated heterocycles. The molecule has 0 radical (unpaired) electrons. The molecule has 0 unspecified atom stereocenters. The first-order valence-electron chi connectivity index (χ1n) is 3.63. The Balaban J connectivity index is 0.000000310. The van der Waals surface area contributed by atoms with E-state index in [1.54, 1.807) is 0 Å². The predicted molar refractivity (Wildman–Crippen MR) is 50.4 cm³/mol. The van der Waals surface area contributed by atoms with Crippen LogP contribution in [0.15, 0.2) is 30.3 Å². The van der Waals surface area contributed by atoms with Gasteiger partial charge in [0.05, 0.1) is 18.5 Å².